The van der Waals surface area contributed by atoms with Crippen molar-refractivity contribution < 1.29 is 27.3 Å². The zero-order valence-electron chi connectivity index (χ0n) is 16.4. The molecule has 0 fully saturated rings. The Hall–Kier alpha value is -0.733. The molecular formula is C17H36NO5Si+. The van der Waals surface area contributed by atoms with Crippen molar-refractivity contribution in [1.82, 2.24) is 0 Å². The molecule has 0 saturated carbocycles. The Balaban J connectivity index is 4.39. The van der Waals surface area contributed by atoms with Crippen molar-refractivity contribution in [2.45, 2.75) is 40.2 Å². The standard InChI is InChI=1S/C17H36NO5Si/c1-8-21-24(22-9-2,23-10-3)15-11-12-18(6,7)13-14-20-17(19)16(4)5/h4,8-15H2,1-3,5-7H3/q+1. The Kier molecular flexibility index (Phi) is 11.4. The molecule has 0 amide bonds. The molecule has 0 bridgehead atoms. The van der Waals surface area contributed by atoms with Crippen LogP contribution in [0, 0.1) is 0 Å². The lowest BCUT2D eigenvalue weighted by Gasteiger charge is -2.32. The van der Waals surface area contributed by atoms with Crippen LogP contribution >= 0.6 is 0 Å². The largest absolute Gasteiger partial charge is 0.501 e. The maximum absolute atomic E-state index is 11.4. The number of hydrogen-bond donors (Lipinski definition) is 0. The summed E-state index contributed by atoms with van der Waals surface area (Å²) in [5.41, 5.74) is 0.432. The van der Waals surface area contributed by atoms with Crippen molar-refractivity contribution in [3.8, 4) is 0 Å². The number of rotatable bonds is 14. The SMILES string of the molecule is C=C(C)C(=O)OCC[N+](C)(C)CCC[Si](OCC)(OCC)OCC. The third-order valence-electron chi connectivity index (χ3n) is 3.62. The van der Waals surface area contributed by atoms with Gasteiger partial charge in [0.25, 0.3) is 0 Å². The molecule has 0 unspecified atom stereocenters. The molecule has 0 aliphatic heterocycles. The minimum atomic E-state index is -2.57. The third kappa shape index (κ3) is 9.54. The van der Waals surface area contributed by atoms with E-state index in [-0.39, 0.29) is 5.97 Å². The van der Waals surface area contributed by atoms with Crippen LogP contribution in [0.1, 0.15) is 34.1 Å². The Morgan fingerprint density at radius 1 is 1.00 bits per heavy atom. The molecule has 0 radical (unpaired) electrons. The molecule has 0 aromatic carbocycles. The molecule has 0 aliphatic carbocycles. The van der Waals surface area contributed by atoms with Crippen molar-refractivity contribution in [3.63, 3.8) is 0 Å². The van der Waals surface area contributed by atoms with E-state index in [2.05, 4.69) is 20.7 Å². The highest BCUT2D eigenvalue weighted by molar-refractivity contribution is 6.60. The van der Waals surface area contributed by atoms with Crippen LogP contribution in [0.4, 0.5) is 0 Å². The van der Waals surface area contributed by atoms with Crippen LogP contribution in [0.15, 0.2) is 12.2 Å². The molecule has 142 valence electrons. The van der Waals surface area contributed by atoms with Crippen LogP contribution in [-0.2, 0) is 22.8 Å². The average Bonchev–Trinajstić information content (AvgIpc) is 2.47. The van der Waals surface area contributed by atoms with Gasteiger partial charge in [-0.15, -0.1) is 0 Å². The zero-order valence-corrected chi connectivity index (χ0v) is 17.4. The minimum absolute atomic E-state index is 0.328. The van der Waals surface area contributed by atoms with E-state index in [1.807, 2.05) is 20.8 Å². The van der Waals surface area contributed by atoms with Crippen LogP contribution in [0.3, 0.4) is 0 Å². The highest BCUT2D eigenvalue weighted by Crippen LogP contribution is 2.19. The summed E-state index contributed by atoms with van der Waals surface area (Å²) in [5, 5.41) is 0. The van der Waals surface area contributed by atoms with Crippen LogP contribution < -0.4 is 0 Å². The summed E-state index contributed by atoms with van der Waals surface area (Å²) in [7, 11) is 1.68. The fraction of sp³-hybridized carbons (Fsp3) is 0.824. The number of ether oxygens (including phenoxy) is 1. The lowest BCUT2D eigenvalue weighted by atomic mass is 10.3. The smallest absolute Gasteiger partial charge is 0.456 e. The molecule has 0 aliphatic rings. The van der Waals surface area contributed by atoms with Gasteiger partial charge in [-0.2, -0.15) is 0 Å². The quantitative estimate of drug-likeness (QED) is 0.206. The Labute approximate surface area is 148 Å². The average molecular weight is 363 g/mol. The number of nitrogens with zero attached hydrogens (tertiary/aromatic N) is 1. The first kappa shape index (κ1) is 23.3. The molecule has 0 atom stereocenters. The molecule has 7 heteroatoms. The van der Waals surface area contributed by atoms with Gasteiger partial charge in [0.05, 0.1) is 20.6 Å². The Bertz CT molecular complexity index is 370. The van der Waals surface area contributed by atoms with Gasteiger partial charge in [0, 0.05) is 37.9 Å². The Morgan fingerprint density at radius 2 is 1.50 bits per heavy atom. The van der Waals surface area contributed by atoms with Crippen molar-refractivity contribution >= 4 is 14.8 Å². The summed E-state index contributed by atoms with van der Waals surface area (Å²) in [4.78, 5) is 11.4. The van der Waals surface area contributed by atoms with Gasteiger partial charge < -0.3 is 22.5 Å². The lowest BCUT2D eigenvalue weighted by molar-refractivity contribution is -0.890. The van der Waals surface area contributed by atoms with Crippen LogP contribution in [0.2, 0.25) is 6.04 Å². The highest BCUT2D eigenvalue weighted by atomic mass is 28.4. The van der Waals surface area contributed by atoms with E-state index in [0.717, 1.165) is 30.0 Å². The van der Waals surface area contributed by atoms with E-state index < -0.39 is 8.80 Å². The van der Waals surface area contributed by atoms with Gasteiger partial charge in [0.15, 0.2) is 0 Å². The highest BCUT2D eigenvalue weighted by Gasteiger charge is 2.40. The van der Waals surface area contributed by atoms with E-state index in [0.29, 0.717) is 32.0 Å². The summed E-state index contributed by atoms with van der Waals surface area (Å²) < 4.78 is 23.6. The van der Waals surface area contributed by atoms with Crippen molar-refractivity contribution in [3.05, 3.63) is 12.2 Å². The van der Waals surface area contributed by atoms with Crippen LogP contribution in [-0.4, -0.2) is 72.9 Å². The number of carbonyl (C=O) groups is 1. The topological polar surface area (TPSA) is 54.0 Å². The molecule has 0 aromatic rings. The molecule has 6 nitrogen and oxygen atoms in total. The fourth-order valence-electron chi connectivity index (χ4n) is 2.35. The predicted molar refractivity (Wildman–Crippen MR) is 97.7 cm³/mol. The summed E-state index contributed by atoms with van der Waals surface area (Å²) in [6, 6.07) is 0.801. The molecular weight excluding hydrogens is 326 g/mol. The molecule has 0 saturated heterocycles. The van der Waals surface area contributed by atoms with Gasteiger partial charge in [0.1, 0.15) is 13.2 Å². The fourth-order valence-corrected chi connectivity index (χ4v) is 4.94. The molecule has 0 heterocycles. The summed E-state index contributed by atoms with van der Waals surface area (Å²) in [6.45, 7) is 15.0. The van der Waals surface area contributed by atoms with Gasteiger partial charge in [0.2, 0.25) is 0 Å². The van der Waals surface area contributed by atoms with Crippen LogP contribution in [0.25, 0.3) is 0 Å². The monoisotopic (exact) mass is 362 g/mol. The van der Waals surface area contributed by atoms with Gasteiger partial charge in [-0.25, -0.2) is 4.79 Å². The molecule has 0 aromatic heterocycles. The number of hydrogen-bond acceptors (Lipinski definition) is 5. The van der Waals surface area contributed by atoms with Crippen molar-refractivity contribution in [1.29, 1.82) is 0 Å². The normalized spacial score (nSPS) is 12.2. The van der Waals surface area contributed by atoms with Crippen molar-refractivity contribution in [2.75, 3.05) is 53.6 Å². The van der Waals surface area contributed by atoms with Crippen molar-refractivity contribution in [2.24, 2.45) is 0 Å². The predicted octanol–water partition coefficient (Wildman–Crippen LogP) is 2.62. The zero-order chi connectivity index (χ0) is 18.6. The number of likely N-dealkylation sites (N-methyl/N-ethyl adjacent to an activating group) is 1. The van der Waals surface area contributed by atoms with Crippen LogP contribution in [0.5, 0.6) is 0 Å². The van der Waals surface area contributed by atoms with E-state index in [9.17, 15) is 4.79 Å². The minimum Gasteiger partial charge on any atom is -0.456 e. The van der Waals surface area contributed by atoms with Gasteiger partial charge in [-0.1, -0.05) is 6.58 Å². The summed E-state index contributed by atoms with van der Waals surface area (Å²) in [5.74, 6) is -0.328. The van der Waals surface area contributed by atoms with Gasteiger partial charge >= 0.3 is 14.8 Å². The number of esters is 1. The second-order valence-corrected chi connectivity index (χ2v) is 9.12. The van der Waals surface area contributed by atoms with E-state index in [1.54, 1.807) is 6.92 Å². The molecule has 0 N–H and O–H groups in total. The first-order valence-corrected chi connectivity index (χ1v) is 10.7. The first-order chi connectivity index (χ1) is 11.2. The maximum atomic E-state index is 11.4. The Morgan fingerprint density at radius 3 is 1.92 bits per heavy atom. The summed E-state index contributed by atoms with van der Waals surface area (Å²) in [6.07, 6.45) is 0.938. The molecule has 24 heavy (non-hydrogen) atoms. The van der Waals surface area contributed by atoms with Gasteiger partial charge in [-0.3, -0.25) is 0 Å². The van der Waals surface area contributed by atoms with E-state index in [1.165, 1.54) is 0 Å². The second kappa shape index (κ2) is 11.8. The second-order valence-electron chi connectivity index (χ2n) is 6.38. The van der Waals surface area contributed by atoms with E-state index in [4.69, 9.17) is 18.0 Å². The lowest BCUT2D eigenvalue weighted by Crippen LogP contribution is -2.48. The van der Waals surface area contributed by atoms with E-state index >= 15 is 0 Å². The molecule has 0 spiro atoms. The summed E-state index contributed by atoms with van der Waals surface area (Å²) >= 11 is 0. The van der Waals surface area contributed by atoms with Gasteiger partial charge in [-0.05, 0) is 27.7 Å². The third-order valence-corrected chi connectivity index (χ3v) is 6.77. The maximum Gasteiger partial charge on any atom is 0.501 e. The number of carbonyl (C=O) groups excluding carboxylic acids is 1. The first-order valence-electron chi connectivity index (χ1n) is 8.78. The molecule has 0 rings (SSSR count). The number of quaternary nitrogens is 1.